The minimum absolute atomic E-state index is 0.182. The molecular formula is C15H13ClN4O3. The number of rotatable bonds is 3. The second kappa shape index (κ2) is 5.51. The molecule has 7 nitrogen and oxygen atoms in total. The summed E-state index contributed by atoms with van der Waals surface area (Å²) in [4.78, 5) is 42.6. The number of carbonyl (C=O) groups excluding carboxylic acids is 1. The molecule has 3 rings (SSSR count). The molecule has 8 heteroatoms. The van der Waals surface area contributed by atoms with E-state index in [4.69, 9.17) is 11.6 Å². The molecule has 0 aliphatic rings. The van der Waals surface area contributed by atoms with Crippen LogP contribution in [0.15, 0.2) is 40.2 Å². The molecule has 0 amide bonds. The maximum absolute atomic E-state index is 12.6. The zero-order valence-corrected chi connectivity index (χ0v) is 13.2. The van der Waals surface area contributed by atoms with Gasteiger partial charge in [0.1, 0.15) is 0 Å². The molecule has 0 fully saturated rings. The molecule has 0 aliphatic heterocycles. The Hall–Kier alpha value is -2.67. The molecule has 1 aromatic carbocycles. The molecule has 2 heterocycles. The summed E-state index contributed by atoms with van der Waals surface area (Å²) >= 11 is 5.82. The van der Waals surface area contributed by atoms with Gasteiger partial charge < -0.3 is 4.57 Å². The van der Waals surface area contributed by atoms with Crippen molar-refractivity contribution in [2.75, 3.05) is 0 Å². The third kappa shape index (κ3) is 2.49. The van der Waals surface area contributed by atoms with Gasteiger partial charge in [0.05, 0.1) is 12.4 Å². The number of imidazole rings is 1. The number of nitrogens with zero attached hydrogens (tertiary/aromatic N) is 3. The summed E-state index contributed by atoms with van der Waals surface area (Å²) < 4.78 is 2.69. The van der Waals surface area contributed by atoms with Gasteiger partial charge in [0.25, 0.3) is 5.56 Å². The molecule has 0 spiro atoms. The third-order valence-electron chi connectivity index (χ3n) is 3.76. The van der Waals surface area contributed by atoms with E-state index in [1.165, 1.54) is 22.5 Å². The summed E-state index contributed by atoms with van der Waals surface area (Å²) in [6.07, 6.45) is 1.39. The molecular weight excluding hydrogens is 320 g/mol. The lowest BCUT2D eigenvalue weighted by Gasteiger charge is -2.13. The zero-order valence-electron chi connectivity index (χ0n) is 12.4. The van der Waals surface area contributed by atoms with Crippen LogP contribution in [0.1, 0.15) is 23.3 Å². The maximum Gasteiger partial charge on any atom is 0.329 e. The Morgan fingerprint density at radius 1 is 1.26 bits per heavy atom. The number of aromatic amines is 1. The molecule has 23 heavy (non-hydrogen) atoms. The number of Topliss-reactive ketones (excluding diaryl/α,β-unsaturated/α-hetero) is 1. The Labute approximate surface area is 135 Å². The van der Waals surface area contributed by atoms with Crippen molar-refractivity contribution >= 4 is 28.5 Å². The van der Waals surface area contributed by atoms with E-state index >= 15 is 0 Å². The Balaban J connectivity index is 2.11. The molecule has 0 saturated carbocycles. The number of hydrogen-bond donors (Lipinski definition) is 1. The van der Waals surface area contributed by atoms with Crippen molar-refractivity contribution < 1.29 is 4.79 Å². The molecule has 1 N–H and O–H groups in total. The summed E-state index contributed by atoms with van der Waals surface area (Å²) in [6.45, 7) is 1.67. The molecule has 118 valence electrons. The number of aryl methyl sites for hydroxylation is 1. The first-order valence-corrected chi connectivity index (χ1v) is 7.23. The number of fused-ring (bicyclic) bond motifs is 1. The van der Waals surface area contributed by atoms with Crippen LogP contribution < -0.4 is 11.2 Å². The van der Waals surface area contributed by atoms with Crippen LogP contribution in [0.5, 0.6) is 0 Å². The minimum Gasteiger partial charge on any atom is -0.314 e. The van der Waals surface area contributed by atoms with Crippen molar-refractivity contribution in [3.05, 3.63) is 62.0 Å². The normalized spacial score (nSPS) is 12.5. The van der Waals surface area contributed by atoms with E-state index in [1.54, 1.807) is 31.2 Å². The highest BCUT2D eigenvalue weighted by Gasteiger charge is 2.21. The van der Waals surface area contributed by atoms with Crippen LogP contribution in [0, 0.1) is 0 Å². The van der Waals surface area contributed by atoms with Crippen LogP contribution in [0.25, 0.3) is 11.2 Å². The summed E-state index contributed by atoms with van der Waals surface area (Å²) in [6, 6.07) is 5.86. The van der Waals surface area contributed by atoms with Crippen LogP contribution in [0.2, 0.25) is 5.02 Å². The van der Waals surface area contributed by atoms with E-state index in [-0.39, 0.29) is 16.9 Å². The van der Waals surface area contributed by atoms with E-state index in [0.717, 1.165) is 0 Å². The molecule has 0 bridgehead atoms. The van der Waals surface area contributed by atoms with E-state index in [2.05, 4.69) is 9.97 Å². The van der Waals surface area contributed by atoms with Crippen molar-refractivity contribution in [2.24, 2.45) is 7.05 Å². The first-order valence-electron chi connectivity index (χ1n) is 6.85. The fraction of sp³-hybridized carbons (Fsp3) is 0.200. The first kappa shape index (κ1) is 15.2. The number of hydrogen-bond acceptors (Lipinski definition) is 4. The Morgan fingerprint density at radius 3 is 2.57 bits per heavy atom. The lowest BCUT2D eigenvalue weighted by molar-refractivity contribution is 0.0937. The topological polar surface area (TPSA) is 89.8 Å². The third-order valence-corrected chi connectivity index (χ3v) is 4.01. The average Bonchev–Trinajstić information content (AvgIpc) is 2.97. The van der Waals surface area contributed by atoms with Crippen LogP contribution >= 0.6 is 11.6 Å². The lowest BCUT2D eigenvalue weighted by atomic mass is 10.1. The molecule has 1 atom stereocenters. The summed E-state index contributed by atoms with van der Waals surface area (Å²) in [7, 11) is 1.50. The predicted molar refractivity (Wildman–Crippen MR) is 86.1 cm³/mol. The largest absolute Gasteiger partial charge is 0.329 e. The molecule has 3 aromatic rings. The van der Waals surface area contributed by atoms with Gasteiger partial charge in [-0.1, -0.05) is 11.6 Å². The number of nitrogens with one attached hydrogen (secondary N) is 1. The quantitative estimate of drug-likeness (QED) is 0.736. The lowest BCUT2D eigenvalue weighted by Crippen LogP contribution is -2.30. The Kier molecular flexibility index (Phi) is 3.65. The van der Waals surface area contributed by atoms with Gasteiger partial charge in [-0.15, -0.1) is 0 Å². The molecule has 0 aliphatic carbocycles. The van der Waals surface area contributed by atoms with Gasteiger partial charge in [-0.3, -0.25) is 19.1 Å². The van der Waals surface area contributed by atoms with E-state index in [9.17, 15) is 14.4 Å². The highest BCUT2D eigenvalue weighted by molar-refractivity contribution is 6.30. The van der Waals surface area contributed by atoms with Crippen LogP contribution in [0.3, 0.4) is 0 Å². The predicted octanol–water partition coefficient (Wildman–Crippen LogP) is 1.52. The van der Waals surface area contributed by atoms with Gasteiger partial charge in [-0.2, -0.15) is 0 Å². The SMILES string of the molecule is CC(C(=O)c1ccc(Cl)cc1)n1cnc2c1c(=O)[nH]c(=O)n2C. The highest BCUT2D eigenvalue weighted by atomic mass is 35.5. The standard InChI is InChI=1S/C15H13ClN4O3/c1-8(12(21)9-3-5-10(16)6-4-9)20-7-17-13-11(20)14(22)18-15(23)19(13)2/h3-8H,1-2H3,(H,18,22,23). The second-order valence-corrected chi connectivity index (χ2v) is 5.63. The average molecular weight is 333 g/mol. The number of H-pyrrole nitrogens is 1. The van der Waals surface area contributed by atoms with Crippen LogP contribution in [-0.4, -0.2) is 24.9 Å². The summed E-state index contributed by atoms with van der Waals surface area (Å²) in [5, 5.41) is 0.536. The van der Waals surface area contributed by atoms with Gasteiger partial charge in [0, 0.05) is 17.6 Å². The van der Waals surface area contributed by atoms with Gasteiger partial charge in [-0.25, -0.2) is 9.78 Å². The smallest absolute Gasteiger partial charge is 0.314 e. The van der Waals surface area contributed by atoms with Gasteiger partial charge in [-0.05, 0) is 31.2 Å². The first-order chi connectivity index (χ1) is 10.9. The number of aromatic nitrogens is 4. The van der Waals surface area contributed by atoms with Crippen molar-refractivity contribution in [1.82, 2.24) is 19.1 Å². The number of benzene rings is 1. The maximum atomic E-state index is 12.6. The number of ketones is 1. The fourth-order valence-corrected chi connectivity index (χ4v) is 2.55. The van der Waals surface area contributed by atoms with Crippen LogP contribution in [-0.2, 0) is 7.05 Å². The van der Waals surface area contributed by atoms with Crippen molar-refractivity contribution in [2.45, 2.75) is 13.0 Å². The monoisotopic (exact) mass is 332 g/mol. The van der Waals surface area contributed by atoms with Crippen molar-refractivity contribution in [3.63, 3.8) is 0 Å². The Bertz CT molecular complexity index is 1010. The molecule has 0 saturated heterocycles. The van der Waals surface area contributed by atoms with Crippen molar-refractivity contribution in [1.29, 1.82) is 0 Å². The summed E-state index contributed by atoms with van der Waals surface area (Å²) in [5.74, 6) is -0.186. The molecule has 1 unspecified atom stereocenters. The van der Waals surface area contributed by atoms with E-state index < -0.39 is 17.3 Å². The summed E-state index contributed by atoms with van der Waals surface area (Å²) in [5.41, 5.74) is -0.234. The zero-order chi connectivity index (χ0) is 16.7. The molecule has 2 aromatic heterocycles. The van der Waals surface area contributed by atoms with Gasteiger partial charge in [0.15, 0.2) is 16.9 Å². The van der Waals surface area contributed by atoms with Gasteiger partial charge >= 0.3 is 5.69 Å². The Morgan fingerprint density at radius 2 is 1.91 bits per heavy atom. The van der Waals surface area contributed by atoms with E-state index in [0.29, 0.717) is 10.6 Å². The minimum atomic E-state index is -0.653. The number of halogens is 1. The van der Waals surface area contributed by atoms with E-state index in [1.807, 2.05) is 0 Å². The number of carbonyl (C=O) groups is 1. The van der Waals surface area contributed by atoms with Crippen molar-refractivity contribution in [3.8, 4) is 0 Å². The fourth-order valence-electron chi connectivity index (χ4n) is 2.43. The van der Waals surface area contributed by atoms with Gasteiger partial charge in [0.2, 0.25) is 0 Å². The van der Waals surface area contributed by atoms with Crippen LogP contribution in [0.4, 0.5) is 0 Å². The highest BCUT2D eigenvalue weighted by Crippen LogP contribution is 2.19. The second-order valence-electron chi connectivity index (χ2n) is 5.19. The molecule has 0 radical (unpaired) electrons.